The minimum Gasteiger partial charge on any atom is -0.391 e. The first-order valence-corrected chi connectivity index (χ1v) is 5.14. The van der Waals surface area contributed by atoms with E-state index in [1.807, 2.05) is 6.92 Å². The highest BCUT2D eigenvalue weighted by atomic mass is 16.3. The van der Waals surface area contributed by atoms with Crippen molar-refractivity contribution in [3.63, 3.8) is 0 Å². The third-order valence-electron chi connectivity index (χ3n) is 2.75. The van der Waals surface area contributed by atoms with E-state index >= 15 is 0 Å². The number of aliphatic hydroxyl groups excluding tert-OH is 1. The summed E-state index contributed by atoms with van der Waals surface area (Å²) in [6.45, 7) is 2.91. The zero-order valence-electron chi connectivity index (χ0n) is 8.71. The van der Waals surface area contributed by atoms with Crippen molar-refractivity contribution in [2.24, 2.45) is 0 Å². The Bertz CT molecular complexity index is 336. The number of aliphatic hydroxyl groups is 1. The van der Waals surface area contributed by atoms with E-state index in [-0.39, 0.29) is 18.1 Å². The average Bonchev–Trinajstić information content (AvgIpc) is 2.85. The molecule has 1 amide bonds. The van der Waals surface area contributed by atoms with Gasteiger partial charge in [0.05, 0.1) is 6.10 Å². The summed E-state index contributed by atoms with van der Waals surface area (Å²) in [5.74, 6) is 0.0234. The van der Waals surface area contributed by atoms with Crippen molar-refractivity contribution in [1.82, 2.24) is 14.7 Å². The predicted octanol–water partition coefficient (Wildman–Crippen LogP) is 0.0373. The normalized spacial score (nSPS) is 23.1. The van der Waals surface area contributed by atoms with Gasteiger partial charge in [0.25, 0.3) is 0 Å². The first-order chi connectivity index (χ1) is 7.18. The molecular weight excluding hydrogens is 194 g/mol. The van der Waals surface area contributed by atoms with Gasteiger partial charge < -0.3 is 10.0 Å². The molecule has 1 N–H and O–H groups in total. The monoisotopic (exact) mass is 209 g/mol. The number of aromatic nitrogens is 2. The van der Waals surface area contributed by atoms with Gasteiger partial charge in [-0.1, -0.05) is 0 Å². The molecule has 1 aliphatic heterocycles. The number of carbonyl (C=O) groups excluding carboxylic acids is 1. The Morgan fingerprint density at radius 3 is 3.00 bits per heavy atom. The van der Waals surface area contributed by atoms with Gasteiger partial charge in [0, 0.05) is 25.5 Å². The van der Waals surface area contributed by atoms with E-state index in [0.717, 1.165) is 0 Å². The van der Waals surface area contributed by atoms with Crippen LogP contribution >= 0.6 is 0 Å². The van der Waals surface area contributed by atoms with Gasteiger partial charge in [-0.05, 0) is 19.4 Å². The van der Waals surface area contributed by atoms with Crippen LogP contribution in [0.5, 0.6) is 0 Å². The summed E-state index contributed by atoms with van der Waals surface area (Å²) in [5.41, 5.74) is 0. The number of hydrogen-bond donors (Lipinski definition) is 1. The molecule has 2 atom stereocenters. The molecule has 15 heavy (non-hydrogen) atoms. The first-order valence-electron chi connectivity index (χ1n) is 5.14. The molecule has 1 aromatic rings. The van der Waals surface area contributed by atoms with Gasteiger partial charge in [-0.3, -0.25) is 9.48 Å². The van der Waals surface area contributed by atoms with E-state index in [2.05, 4.69) is 5.10 Å². The molecule has 0 saturated carbocycles. The Kier molecular flexibility index (Phi) is 2.73. The Labute approximate surface area is 88.3 Å². The molecular formula is C10H15N3O2. The van der Waals surface area contributed by atoms with Crippen LogP contribution in [0.2, 0.25) is 0 Å². The number of β-amino-alcohol motifs (C(OH)–C–C–N with tert-alkyl or cyclic N) is 1. The molecule has 1 aromatic heterocycles. The largest absolute Gasteiger partial charge is 0.391 e. The van der Waals surface area contributed by atoms with Gasteiger partial charge >= 0.3 is 0 Å². The lowest BCUT2D eigenvalue weighted by atomic mass is 10.3. The number of carbonyl (C=O) groups is 1. The Hall–Kier alpha value is -1.36. The number of hydrogen-bond acceptors (Lipinski definition) is 3. The maximum Gasteiger partial charge on any atom is 0.247 e. The van der Waals surface area contributed by atoms with Crippen LogP contribution in [0.1, 0.15) is 19.4 Å². The van der Waals surface area contributed by atoms with Gasteiger partial charge in [-0.2, -0.15) is 5.10 Å². The summed E-state index contributed by atoms with van der Waals surface area (Å²) in [6, 6.07) is 1.51. The van der Waals surface area contributed by atoms with Crippen molar-refractivity contribution in [3.05, 3.63) is 18.5 Å². The zero-order valence-corrected chi connectivity index (χ0v) is 8.71. The molecule has 0 radical (unpaired) electrons. The maximum atomic E-state index is 11.9. The van der Waals surface area contributed by atoms with Crippen LogP contribution in [-0.4, -0.2) is 44.9 Å². The van der Waals surface area contributed by atoms with Crippen molar-refractivity contribution in [2.45, 2.75) is 25.5 Å². The second-order valence-corrected chi connectivity index (χ2v) is 3.89. The minimum atomic E-state index is -0.362. The Morgan fingerprint density at radius 2 is 2.47 bits per heavy atom. The molecule has 5 heteroatoms. The van der Waals surface area contributed by atoms with Crippen LogP contribution < -0.4 is 0 Å². The topological polar surface area (TPSA) is 58.4 Å². The summed E-state index contributed by atoms with van der Waals surface area (Å²) in [4.78, 5) is 13.6. The van der Waals surface area contributed by atoms with E-state index in [1.165, 1.54) is 0 Å². The number of amides is 1. The van der Waals surface area contributed by atoms with Crippen LogP contribution in [-0.2, 0) is 4.79 Å². The predicted molar refractivity (Wildman–Crippen MR) is 54.1 cm³/mol. The van der Waals surface area contributed by atoms with Crippen molar-refractivity contribution in [1.29, 1.82) is 0 Å². The fourth-order valence-electron chi connectivity index (χ4n) is 1.83. The van der Waals surface area contributed by atoms with Crippen LogP contribution in [0.25, 0.3) is 0 Å². The first kappa shape index (κ1) is 10.2. The second kappa shape index (κ2) is 4.02. The fourth-order valence-corrected chi connectivity index (χ4v) is 1.83. The third-order valence-corrected chi connectivity index (χ3v) is 2.75. The van der Waals surface area contributed by atoms with E-state index in [9.17, 15) is 9.90 Å². The summed E-state index contributed by atoms with van der Waals surface area (Å²) in [7, 11) is 0. The van der Waals surface area contributed by atoms with E-state index in [4.69, 9.17) is 0 Å². The SMILES string of the molecule is CC(C(=O)N1CC[C@H](O)C1)n1cccn1. The molecule has 0 aliphatic carbocycles. The number of likely N-dealkylation sites (tertiary alicyclic amines) is 1. The molecule has 0 aromatic carbocycles. The lowest BCUT2D eigenvalue weighted by molar-refractivity contribution is -0.133. The summed E-state index contributed by atoms with van der Waals surface area (Å²) >= 11 is 0. The molecule has 1 aliphatic rings. The van der Waals surface area contributed by atoms with Crippen molar-refractivity contribution in [3.8, 4) is 0 Å². The van der Waals surface area contributed by atoms with Crippen molar-refractivity contribution < 1.29 is 9.90 Å². The highest BCUT2D eigenvalue weighted by molar-refractivity contribution is 5.80. The van der Waals surface area contributed by atoms with E-state index in [1.54, 1.807) is 28.0 Å². The molecule has 1 unspecified atom stereocenters. The molecule has 5 nitrogen and oxygen atoms in total. The quantitative estimate of drug-likeness (QED) is 0.748. The molecule has 0 spiro atoms. The maximum absolute atomic E-state index is 11.9. The second-order valence-electron chi connectivity index (χ2n) is 3.89. The van der Waals surface area contributed by atoms with E-state index < -0.39 is 0 Å². The molecule has 1 saturated heterocycles. The van der Waals surface area contributed by atoms with E-state index in [0.29, 0.717) is 19.5 Å². The number of rotatable bonds is 2. The molecule has 2 rings (SSSR count). The smallest absolute Gasteiger partial charge is 0.247 e. The highest BCUT2D eigenvalue weighted by Crippen LogP contribution is 2.15. The standard InChI is InChI=1S/C10H15N3O2/c1-8(13-5-2-4-11-13)10(15)12-6-3-9(14)7-12/h2,4-5,8-9,14H,3,6-7H2,1H3/t8?,9-/m0/s1. The molecule has 0 bridgehead atoms. The van der Waals surface area contributed by atoms with Crippen LogP contribution in [0, 0.1) is 0 Å². The van der Waals surface area contributed by atoms with Gasteiger partial charge in [-0.15, -0.1) is 0 Å². The molecule has 1 fully saturated rings. The third kappa shape index (κ3) is 2.02. The Balaban J connectivity index is 2.02. The highest BCUT2D eigenvalue weighted by Gasteiger charge is 2.28. The number of nitrogens with zero attached hydrogens (tertiary/aromatic N) is 3. The minimum absolute atomic E-state index is 0.0234. The summed E-state index contributed by atoms with van der Waals surface area (Å²) in [6.07, 6.45) is 3.74. The van der Waals surface area contributed by atoms with Gasteiger partial charge in [0.15, 0.2) is 0 Å². The lowest BCUT2D eigenvalue weighted by Gasteiger charge is -2.20. The summed E-state index contributed by atoms with van der Waals surface area (Å²) in [5, 5.41) is 13.4. The van der Waals surface area contributed by atoms with Crippen molar-refractivity contribution >= 4 is 5.91 Å². The van der Waals surface area contributed by atoms with Crippen LogP contribution in [0.4, 0.5) is 0 Å². The van der Waals surface area contributed by atoms with Crippen molar-refractivity contribution in [2.75, 3.05) is 13.1 Å². The van der Waals surface area contributed by atoms with Gasteiger partial charge in [0.1, 0.15) is 6.04 Å². The summed E-state index contributed by atoms with van der Waals surface area (Å²) < 4.78 is 1.63. The Morgan fingerprint density at radius 1 is 1.67 bits per heavy atom. The lowest BCUT2D eigenvalue weighted by Crippen LogP contribution is -2.35. The fraction of sp³-hybridized carbons (Fsp3) is 0.600. The average molecular weight is 209 g/mol. The van der Waals surface area contributed by atoms with Gasteiger partial charge in [0.2, 0.25) is 5.91 Å². The zero-order chi connectivity index (χ0) is 10.8. The molecule has 2 heterocycles. The van der Waals surface area contributed by atoms with Gasteiger partial charge in [-0.25, -0.2) is 0 Å². The molecule has 82 valence electrons. The van der Waals surface area contributed by atoms with Crippen LogP contribution in [0.3, 0.4) is 0 Å². The van der Waals surface area contributed by atoms with Crippen LogP contribution in [0.15, 0.2) is 18.5 Å².